The van der Waals surface area contributed by atoms with Gasteiger partial charge in [-0.05, 0) is 49.6 Å². The molecule has 18 heavy (non-hydrogen) atoms. The van der Waals surface area contributed by atoms with Gasteiger partial charge in [0.05, 0.1) is 0 Å². The van der Waals surface area contributed by atoms with Crippen LogP contribution in [0, 0.1) is 0 Å². The van der Waals surface area contributed by atoms with Crippen LogP contribution in [0.25, 0.3) is 0 Å². The van der Waals surface area contributed by atoms with Crippen molar-refractivity contribution >= 4 is 5.69 Å². The summed E-state index contributed by atoms with van der Waals surface area (Å²) in [6.45, 7) is 4.39. The van der Waals surface area contributed by atoms with Crippen molar-refractivity contribution in [2.24, 2.45) is 0 Å². The molecule has 1 atom stereocenters. The van der Waals surface area contributed by atoms with Crippen molar-refractivity contribution in [2.75, 3.05) is 38.5 Å². The van der Waals surface area contributed by atoms with E-state index in [-0.39, 0.29) is 0 Å². The van der Waals surface area contributed by atoms with Gasteiger partial charge in [-0.1, -0.05) is 6.07 Å². The Morgan fingerprint density at radius 1 is 1.33 bits per heavy atom. The summed E-state index contributed by atoms with van der Waals surface area (Å²) in [6.07, 6.45) is 3.86. The van der Waals surface area contributed by atoms with E-state index in [2.05, 4.69) is 40.8 Å². The van der Waals surface area contributed by atoms with Crippen molar-refractivity contribution in [1.82, 2.24) is 10.2 Å². The number of nitrogens with one attached hydrogen (secondary N) is 2. The first-order valence-electron chi connectivity index (χ1n) is 7.09. The minimum atomic E-state index is 0.604. The topological polar surface area (TPSA) is 27.3 Å². The summed E-state index contributed by atoms with van der Waals surface area (Å²) in [6, 6.07) is 7.49. The normalized spacial score (nSPS) is 23.9. The van der Waals surface area contributed by atoms with E-state index in [4.69, 9.17) is 0 Å². The van der Waals surface area contributed by atoms with E-state index in [1.807, 2.05) is 0 Å². The number of benzene rings is 1. The summed E-state index contributed by atoms with van der Waals surface area (Å²) < 4.78 is 0. The van der Waals surface area contributed by atoms with Crippen molar-refractivity contribution < 1.29 is 0 Å². The Bertz CT molecular complexity index is 416. The van der Waals surface area contributed by atoms with Gasteiger partial charge in [0, 0.05) is 37.9 Å². The number of rotatable bonds is 3. The summed E-state index contributed by atoms with van der Waals surface area (Å²) in [5, 5.41) is 7.05. The smallest absolute Gasteiger partial charge is 0.0390 e. The molecule has 1 aromatic carbocycles. The van der Waals surface area contributed by atoms with E-state index in [1.165, 1.54) is 24.9 Å². The lowest BCUT2D eigenvalue weighted by Gasteiger charge is -2.33. The highest BCUT2D eigenvalue weighted by Gasteiger charge is 2.18. The number of nitrogens with zero attached hydrogens (tertiary/aromatic N) is 1. The van der Waals surface area contributed by atoms with Gasteiger partial charge >= 0.3 is 0 Å². The summed E-state index contributed by atoms with van der Waals surface area (Å²) in [7, 11) is 2.22. The molecule has 1 saturated heterocycles. The highest BCUT2D eigenvalue weighted by atomic mass is 15.2. The Morgan fingerprint density at radius 3 is 3.11 bits per heavy atom. The van der Waals surface area contributed by atoms with Gasteiger partial charge < -0.3 is 10.6 Å². The molecule has 2 N–H and O–H groups in total. The largest absolute Gasteiger partial charge is 0.383 e. The van der Waals surface area contributed by atoms with Gasteiger partial charge in [0.15, 0.2) is 0 Å². The SMILES string of the molecule is CN1CCNCC1CNc1ccc2c(c1)CCC2. The van der Waals surface area contributed by atoms with Gasteiger partial charge in [-0.25, -0.2) is 0 Å². The molecule has 98 valence electrons. The van der Waals surface area contributed by atoms with E-state index in [0.29, 0.717) is 6.04 Å². The fourth-order valence-electron chi connectivity index (χ4n) is 3.01. The first-order chi connectivity index (χ1) is 8.83. The third-order valence-corrected chi connectivity index (χ3v) is 4.28. The van der Waals surface area contributed by atoms with E-state index in [1.54, 1.807) is 11.1 Å². The van der Waals surface area contributed by atoms with Crippen LogP contribution < -0.4 is 10.6 Å². The first kappa shape index (κ1) is 12.0. The van der Waals surface area contributed by atoms with Crippen LogP contribution in [0.5, 0.6) is 0 Å². The molecule has 3 rings (SSSR count). The van der Waals surface area contributed by atoms with Gasteiger partial charge in [-0.3, -0.25) is 4.90 Å². The Hall–Kier alpha value is -1.06. The second-order valence-corrected chi connectivity index (χ2v) is 5.56. The molecule has 0 saturated carbocycles. The van der Waals surface area contributed by atoms with Crippen LogP contribution in [0.1, 0.15) is 17.5 Å². The van der Waals surface area contributed by atoms with E-state index in [0.717, 1.165) is 26.2 Å². The van der Waals surface area contributed by atoms with Crippen molar-refractivity contribution in [3.63, 3.8) is 0 Å². The number of aryl methyl sites for hydroxylation is 2. The van der Waals surface area contributed by atoms with E-state index < -0.39 is 0 Å². The fraction of sp³-hybridized carbons (Fsp3) is 0.600. The van der Waals surface area contributed by atoms with Crippen LogP contribution in [0.3, 0.4) is 0 Å². The fourth-order valence-corrected chi connectivity index (χ4v) is 3.01. The minimum Gasteiger partial charge on any atom is -0.383 e. The number of hydrogen-bond acceptors (Lipinski definition) is 3. The lowest BCUT2D eigenvalue weighted by atomic mass is 10.1. The molecule has 0 spiro atoms. The summed E-state index contributed by atoms with van der Waals surface area (Å²) in [5.74, 6) is 0. The molecular weight excluding hydrogens is 222 g/mol. The van der Waals surface area contributed by atoms with Crippen LogP contribution in [0.2, 0.25) is 0 Å². The molecule has 0 amide bonds. The molecule has 0 aromatic heterocycles. The van der Waals surface area contributed by atoms with E-state index >= 15 is 0 Å². The lowest BCUT2D eigenvalue weighted by Crippen LogP contribution is -2.52. The maximum absolute atomic E-state index is 3.59. The molecule has 0 bridgehead atoms. The third kappa shape index (κ3) is 2.52. The Labute approximate surface area is 110 Å². The Kier molecular flexibility index (Phi) is 3.52. The van der Waals surface area contributed by atoms with Crippen molar-refractivity contribution in [1.29, 1.82) is 0 Å². The molecule has 1 heterocycles. The molecular formula is C15H23N3. The Balaban J connectivity index is 1.59. The molecule has 1 aliphatic heterocycles. The molecule has 3 heteroatoms. The van der Waals surface area contributed by atoms with Gasteiger partial charge in [-0.15, -0.1) is 0 Å². The van der Waals surface area contributed by atoms with Crippen LogP contribution >= 0.6 is 0 Å². The second kappa shape index (κ2) is 5.29. The second-order valence-electron chi connectivity index (χ2n) is 5.56. The van der Waals surface area contributed by atoms with Crippen molar-refractivity contribution in [3.05, 3.63) is 29.3 Å². The average Bonchev–Trinajstić information content (AvgIpc) is 2.85. The number of hydrogen-bond donors (Lipinski definition) is 2. The van der Waals surface area contributed by atoms with Gasteiger partial charge in [0.25, 0.3) is 0 Å². The number of fused-ring (bicyclic) bond motifs is 1. The van der Waals surface area contributed by atoms with Gasteiger partial charge in [0.2, 0.25) is 0 Å². The van der Waals surface area contributed by atoms with Crippen LogP contribution in [-0.2, 0) is 12.8 Å². The number of likely N-dealkylation sites (N-methyl/N-ethyl adjacent to an activating group) is 1. The first-order valence-corrected chi connectivity index (χ1v) is 7.09. The third-order valence-electron chi connectivity index (χ3n) is 4.28. The monoisotopic (exact) mass is 245 g/mol. The Morgan fingerprint density at radius 2 is 2.22 bits per heavy atom. The number of piperazine rings is 1. The zero-order chi connectivity index (χ0) is 12.4. The summed E-state index contributed by atoms with van der Waals surface area (Å²) in [5.41, 5.74) is 4.39. The maximum atomic E-state index is 3.59. The van der Waals surface area contributed by atoms with Crippen LogP contribution in [0.4, 0.5) is 5.69 Å². The molecule has 0 radical (unpaired) electrons. The molecule has 1 unspecified atom stereocenters. The maximum Gasteiger partial charge on any atom is 0.0390 e. The average molecular weight is 245 g/mol. The highest BCUT2D eigenvalue weighted by Crippen LogP contribution is 2.24. The minimum absolute atomic E-state index is 0.604. The van der Waals surface area contributed by atoms with Gasteiger partial charge in [-0.2, -0.15) is 0 Å². The molecule has 1 aromatic rings. The van der Waals surface area contributed by atoms with Crippen LogP contribution in [-0.4, -0.2) is 44.2 Å². The predicted octanol–water partition coefficient (Wildman–Crippen LogP) is 1.49. The molecule has 3 nitrogen and oxygen atoms in total. The zero-order valence-electron chi connectivity index (χ0n) is 11.2. The molecule has 1 aliphatic carbocycles. The van der Waals surface area contributed by atoms with Gasteiger partial charge in [0.1, 0.15) is 0 Å². The summed E-state index contributed by atoms with van der Waals surface area (Å²) in [4.78, 5) is 2.44. The van der Waals surface area contributed by atoms with Crippen molar-refractivity contribution in [2.45, 2.75) is 25.3 Å². The number of anilines is 1. The highest BCUT2D eigenvalue weighted by molar-refractivity contribution is 5.50. The molecule has 2 aliphatic rings. The quantitative estimate of drug-likeness (QED) is 0.845. The van der Waals surface area contributed by atoms with E-state index in [9.17, 15) is 0 Å². The predicted molar refractivity (Wildman–Crippen MR) is 76.2 cm³/mol. The lowest BCUT2D eigenvalue weighted by molar-refractivity contribution is 0.209. The van der Waals surface area contributed by atoms with Crippen molar-refractivity contribution in [3.8, 4) is 0 Å². The zero-order valence-corrected chi connectivity index (χ0v) is 11.2. The summed E-state index contributed by atoms with van der Waals surface area (Å²) >= 11 is 0. The standard InChI is InChI=1S/C15H23N3/c1-18-8-7-16-10-15(18)11-17-14-6-5-12-3-2-4-13(12)9-14/h5-6,9,15-17H,2-4,7-8,10-11H2,1H3. The molecule has 1 fully saturated rings. The van der Waals surface area contributed by atoms with Crippen LogP contribution in [0.15, 0.2) is 18.2 Å².